The Morgan fingerprint density at radius 2 is 1.88 bits per heavy atom. The van der Waals surface area contributed by atoms with Crippen LogP contribution in [0.2, 0.25) is 0 Å². The Hall–Kier alpha value is 0.0200. The number of Topliss-reactive ketones (excluding diaryl/α,β-unsaturated/α-hetero) is 1. The Balaban J connectivity index is 1.92. The molecule has 0 aromatic heterocycles. The maximum absolute atomic E-state index is 11.6. The number of unbranched alkanes of at least 4 members (excludes halogenated alkanes) is 3. The van der Waals surface area contributed by atoms with Gasteiger partial charge >= 0.3 is 0 Å². The summed E-state index contributed by atoms with van der Waals surface area (Å²) < 4.78 is 0. The normalized spacial score (nSPS) is 17.2. The molecule has 0 saturated heterocycles. The lowest BCUT2D eigenvalue weighted by molar-refractivity contribution is -0.116. The van der Waals surface area contributed by atoms with E-state index in [1.165, 1.54) is 57.1 Å². The summed E-state index contributed by atoms with van der Waals surface area (Å²) in [7, 11) is 0. The van der Waals surface area contributed by atoms with Gasteiger partial charge in [0.25, 0.3) is 0 Å². The molecule has 0 aromatic rings. The molecule has 0 aliphatic heterocycles. The number of carbonyl (C=O) groups is 1. The van der Waals surface area contributed by atoms with Crippen LogP contribution in [0.3, 0.4) is 0 Å². The Morgan fingerprint density at radius 1 is 1.12 bits per heavy atom. The van der Waals surface area contributed by atoms with Gasteiger partial charge in [-0.2, -0.15) is 11.8 Å². The molecule has 0 heterocycles. The summed E-state index contributed by atoms with van der Waals surface area (Å²) in [6, 6.07) is 0. The first-order valence-corrected chi connectivity index (χ1v) is 8.58. The highest BCUT2D eigenvalue weighted by atomic mass is 32.2. The highest BCUT2D eigenvalue weighted by Crippen LogP contribution is 2.26. The second-order valence-corrected chi connectivity index (χ2v) is 6.40. The summed E-state index contributed by atoms with van der Waals surface area (Å²) in [6.45, 7) is 2.21. The number of thioether (sulfide) groups is 1. The third-order valence-electron chi connectivity index (χ3n) is 3.65. The van der Waals surface area contributed by atoms with Gasteiger partial charge in [-0.05, 0) is 30.9 Å². The Labute approximate surface area is 111 Å². The molecule has 0 spiro atoms. The summed E-state index contributed by atoms with van der Waals surface area (Å²) in [6.07, 6.45) is 12.7. The van der Waals surface area contributed by atoms with Crippen LogP contribution in [-0.2, 0) is 4.79 Å². The van der Waals surface area contributed by atoms with Gasteiger partial charge in [-0.1, -0.05) is 45.4 Å². The minimum Gasteiger partial charge on any atom is -0.299 e. The van der Waals surface area contributed by atoms with Crippen LogP contribution in [0, 0.1) is 5.92 Å². The van der Waals surface area contributed by atoms with E-state index in [1.807, 2.05) is 11.8 Å². The van der Waals surface area contributed by atoms with Crippen molar-refractivity contribution in [3.63, 3.8) is 0 Å². The van der Waals surface area contributed by atoms with E-state index < -0.39 is 0 Å². The van der Waals surface area contributed by atoms with Gasteiger partial charge in [-0.15, -0.1) is 0 Å². The molecule has 1 aliphatic carbocycles. The van der Waals surface area contributed by atoms with Gasteiger partial charge in [0.1, 0.15) is 5.78 Å². The van der Waals surface area contributed by atoms with E-state index in [9.17, 15) is 4.79 Å². The number of hydrogen-bond acceptors (Lipinski definition) is 2. The van der Waals surface area contributed by atoms with Gasteiger partial charge in [0.2, 0.25) is 0 Å². The van der Waals surface area contributed by atoms with Gasteiger partial charge in [-0.3, -0.25) is 4.79 Å². The molecule has 1 nitrogen and oxygen atoms in total. The Kier molecular flexibility index (Phi) is 8.86. The quantitative estimate of drug-likeness (QED) is 0.549. The maximum atomic E-state index is 11.6. The van der Waals surface area contributed by atoms with Crippen molar-refractivity contribution in [1.29, 1.82) is 0 Å². The summed E-state index contributed by atoms with van der Waals surface area (Å²) in [5.41, 5.74) is 0. The van der Waals surface area contributed by atoms with Gasteiger partial charge in [0, 0.05) is 6.42 Å². The predicted molar refractivity (Wildman–Crippen MR) is 77.7 cm³/mol. The lowest BCUT2D eigenvalue weighted by Gasteiger charge is -2.20. The van der Waals surface area contributed by atoms with E-state index in [-0.39, 0.29) is 0 Å². The molecule has 0 atom stereocenters. The van der Waals surface area contributed by atoms with Gasteiger partial charge in [0.05, 0.1) is 5.75 Å². The lowest BCUT2D eigenvalue weighted by Crippen LogP contribution is -2.10. The molecule has 2 heteroatoms. The monoisotopic (exact) mass is 256 g/mol. The van der Waals surface area contributed by atoms with Crippen molar-refractivity contribution in [2.45, 2.75) is 71.1 Å². The molecule has 1 fully saturated rings. The maximum Gasteiger partial charge on any atom is 0.142 e. The van der Waals surface area contributed by atoms with E-state index >= 15 is 0 Å². The topological polar surface area (TPSA) is 17.1 Å². The highest BCUT2D eigenvalue weighted by molar-refractivity contribution is 7.99. The third kappa shape index (κ3) is 7.86. The lowest BCUT2D eigenvalue weighted by atomic mass is 9.91. The van der Waals surface area contributed by atoms with Crippen LogP contribution >= 0.6 is 11.8 Å². The summed E-state index contributed by atoms with van der Waals surface area (Å²) in [4.78, 5) is 11.6. The molecule has 100 valence electrons. The largest absolute Gasteiger partial charge is 0.299 e. The average Bonchev–Trinajstić information content (AvgIpc) is 2.36. The highest BCUT2D eigenvalue weighted by Gasteiger charge is 2.13. The first-order valence-electron chi connectivity index (χ1n) is 7.42. The van der Waals surface area contributed by atoms with Gasteiger partial charge < -0.3 is 0 Å². The molecule has 0 radical (unpaired) electrons. The van der Waals surface area contributed by atoms with Crippen molar-refractivity contribution >= 4 is 17.5 Å². The first-order chi connectivity index (χ1) is 8.33. The minimum absolute atomic E-state index is 0.474. The molecule has 0 unspecified atom stereocenters. The fraction of sp³-hybridized carbons (Fsp3) is 0.933. The van der Waals surface area contributed by atoms with Crippen LogP contribution in [0.25, 0.3) is 0 Å². The Morgan fingerprint density at radius 3 is 2.59 bits per heavy atom. The van der Waals surface area contributed by atoms with Crippen LogP contribution in [0.1, 0.15) is 71.1 Å². The SMILES string of the molecule is CCCCCCC(=O)CSCC1CCCCC1. The molecule has 0 N–H and O–H groups in total. The fourth-order valence-corrected chi connectivity index (χ4v) is 3.67. The van der Waals surface area contributed by atoms with Crippen molar-refractivity contribution < 1.29 is 4.79 Å². The zero-order valence-electron chi connectivity index (χ0n) is 11.4. The van der Waals surface area contributed by atoms with Crippen molar-refractivity contribution in [2.24, 2.45) is 5.92 Å². The summed E-state index contributed by atoms with van der Waals surface area (Å²) >= 11 is 1.88. The molecule has 17 heavy (non-hydrogen) atoms. The van der Waals surface area contributed by atoms with Crippen LogP contribution in [-0.4, -0.2) is 17.3 Å². The van der Waals surface area contributed by atoms with E-state index in [0.717, 1.165) is 24.5 Å². The first kappa shape index (κ1) is 15.1. The molecule has 0 amide bonds. The van der Waals surface area contributed by atoms with Crippen LogP contribution in [0.5, 0.6) is 0 Å². The third-order valence-corrected chi connectivity index (χ3v) is 4.88. The second-order valence-electron chi connectivity index (χ2n) is 5.37. The molecule has 0 aromatic carbocycles. The molecular weight excluding hydrogens is 228 g/mol. The van der Waals surface area contributed by atoms with E-state index in [0.29, 0.717) is 5.78 Å². The van der Waals surface area contributed by atoms with Crippen LogP contribution in [0.15, 0.2) is 0 Å². The second kappa shape index (κ2) is 9.99. The zero-order valence-corrected chi connectivity index (χ0v) is 12.2. The molecule has 1 rings (SSSR count). The van der Waals surface area contributed by atoms with E-state index in [1.54, 1.807) is 0 Å². The van der Waals surface area contributed by atoms with Crippen molar-refractivity contribution in [1.82, 2.24) is 0 Å². The average molecular weight is 256 g/mol. The van der Waals surface area contributed by atoms with Gasteiger partial charge in [0.15, 0.2) is 0 Å². The molecular formula is C15H28OS. The smallest absolute Gasteiger partial charge is 0.142 e. The number of ketones is 1. The van der Waals surface area contributed by atoms with Crippen molar-refractivity contribution in [3.05, 3.63) is 0 Å². The predicted octanol–water partition coefficient (Wildman–Crippen LogP) is 4.84. The van der Waals surface area contributed by atoms with Crippen molar-refractivity contribution in [3.8, 4) is 0 Å². The molecule has 1 aliphatic rings. The summed E-state index contributed by atoms with van der Waals surface area (Å²) in [5.74, 6) is 3.37. The van der Waals surface area contributed by atoms with Crippen LogP contribution in [0.4, 0.5) is 0 Å². The van der Waals surface area contributed by atoms with Crippen molar-refractivity contribution in [2.75, 3.05) is 11.5 Å². The van der Waals surface area contributed by atoms with Gasteiger partial charge in [-0.25, -0.2) is 0 Å². The fourth-order valence-electron chi connectivity index (χ4n) is 2.51. The summed E-state index contributed by atoms with van der Waals surface area (Å²) in [5, 5.41) is 0. The minimum atomic E-state index is 0.474. The van der Waals surface area contributed by atoms with Crippen LogP contribution < -0.4 is 0 Å². The number of rotatable bonds is 9. The molecule has 1 saturated carbocycles. The Bertz CT molecular complexity index is 197. The number of hydrogen-bond donors (Lipinski definition) is 0. The number of carbonyl (C=O) groups excluding carboxylic acids is 1. The van der Waals surface area contributed by atoms with E-state index in [4.69, 9.17) is 0 Å². The molecule has 0 bridgehead atoms. The standard InChI is InChI=1S/C15H28OS/c1-2-3-4-8-11-15(16)13-17-12-14-9-6-5-7-10-14/h14H,2-13H2,1H3. The zero-order chi connectivity index (χ0) is 12.3. The van der Waals surface area contributed by atoms with E-state index in [2.05, 4.69) is 6.92 Å².